The summed E-state index contributed by atoms with van der Waals surface area (Å²) < 4.78 is 13.4. The van der Waals surface area contributed by atoms with E-state index in [2.05, 4.69) is 265 Å². The summed E-state index contributed by atoms with van der Waals surface area (Å²) in [7, 11) is 0. The van der Waals surface area contributed by atoms with Crippen molar-refractivity contribution in [1.29, 1.82) is 0 Å². The van der Waals surface area contributed by atoms with Crippen LogP contribution in [0, 0.1) is 0 Å². The van der Waals surface area contributed by atoms with E-state index in [0.717, 1.165) is 118 Å². The molecule has 18 rings (SSSR count). The largest absolute Gasteiger partial charge is 0.452 e. The van der Waals surface area contributed by atoms with Gasteiger partial charge in [0.25, 0.3) is 0 Å². The molecule has 0 fully saturated rings. The molecular formula is C91H79N9OS3. The molecule has 0 unspecified atom stereocenters. The molecule has 10 aromatic carbocycles. The van der Waals surface area contributed by atoms with E-state index < -0.39 is 0 Å². The summed E-state index contributed by atoms with van der Waals surface area (Å²) in [6, 6.07) is 89.8. The van der Waals surface area contributed by atoms with Crippen LogP contribution in [0.1, 0.15) is 106 Å². The Kier molecular flexibility index (Phi) is 18.4. The first-order valence-corrected chi connectivity index (χ1v) is 37.6. The summed E-state index contributed by atoms with van der Waals surface area (Å²) in [6.07, 6.45) is 0. The fourth-order valence-corrected chi connectivity index (χ4v) is 16.0. The maximum Gasteiger partial charge on any atom is 0.180 e. The van der Waals surface area contributed by atoms with Gasteiger partial charge in [0.15, 0.2) is 17.2 Å². The van der Waals surface area contributed by atoms with Crippen LogP contribution in [0.5, 0.6) is 0 Å². The van der Waals surface area contributed by atoms with Gasteiger partial charge in [0, 0.05) is 95.2 Å². The van der Waals surface area contributed by atoms with E-state index in [1.165, 1.54) is 56.2 Å². The molecule has 0 bridgehead atoms. The van der Waals surface area contributed by atoms with E-state index >= 15 is 0 Å². The van der Waals surface area contributed by atoms with Crippen LogP contribution in [0.15, 0.2) is 265 Å². The molecule has 18 aromatic rings. The Labute approximate surface area is 618 Å². The quantitative estimate of drug-likeness (QED) is 0.159. The lowest BCUT2D eigenvalue weighted by atomic mass is 9.95. The summed E-state index contributed by atoms with van der Waals surface area (Å²) in [4.78, 5) is 44.1. The zero-order valence-electron chi connectivity index (χ0n) is 60.5. The minimum Gasteiger partial charge on any atom is -0.452 e. The van der Waals surface area contributed by atoms with Crippen molar-refractivity contribution in [2.75, 3.05) is 0 Å². The highest BCUT2D eigenvalue weighted by Crippen LogP contribution is 2.44. The highest BCUT2D eigenvalue weighted by Gasteiger charge is 2.28. The van der Waals surface area contributed by atoms with Crippen LogP contribution in [0.25, 0.3) is 151 Å². The van der Waals surface area contributed by atoms with Crippen LogP contribution in [0.4, 0.5) is 0 Å². The van der Waals surface area contributed by atoms with Gasteiger partial charge in [-0.2, -0.15) is 0 Å². The second kappa shape index (κ2) is 27.9. The van der Waals surface area contributed by atoms with Gasteiger partial charge in [0.05, 0.1) is 31.8 Å². The lowest BCUT2D eigenvalue weighted by molar-refractivity contribution is 0.543. The van der Waals surface area contributed by atoms with Crippen LogP contribution in [-0.4, -0.2) is 44.9 Å². The highest BCUT2D eigenvalue weighted by molar-refractivity contribution is 7.27. The highest BCUT2D eigenvalue weighted by atomic mass is 32.1. The average Bonchev–Trinajstić information content (AvgIpc) is 1.59. The number of rotatable bonds is 6. The van der Waals surface area contributed by atoms with E-state index in [9.17, 15) is 0 Å². The maximum absolute atomic E-state index is 6.08. The van der Waals surface area contributed by atoms with Gasteiger partial charge in [-0.05, 0) is 47.5 Å². The van der Waals surface area contributed by atoms with Crippen LogP contribution < -0.4 is 0 Å². The van der Waals surface area contributed by atoms with Crippen molar-refractivity contribution in [2.24, 2.45) is 0 Å². The molecular weight excluding hydrogens is 1330 g/mol. The molecule has 0 spiro atoms. The van der Waals surface area contributed by atoms with Crippen molar-refractivity contribution in [3.63, 3.8) is 0 Å². The Bertz CT molecular complexity index is 5970. The Morgan fingerprint density at radius 3 is 1.10 bits per heavy atom. The monoisotopic (exact) mass is 1410 g/mol. The smallest absolute Gasteiger partial charge is 0.180 e. The summed E-state index contributed by atoms with van der Waals surface area (Å²) in [5.41, 5.74) is 14.9. The third-order valence-electron chi connectivity index (χ3n) is 18.0. The molecule has 0 atom stereocenters. The minimum absolute atomic E-state index is 0.0826. The Morgan fingerprint density at radius 1 is 0.240 bits per heavy atom. The summed E-state index contributed by atoms with van der Waals surface area (Å²) >= 11 is 5.35. The summed E-state index contributed by atoms with van der Waals surface area (Å²) in [5.74, 6) is 4.87. The summed E-state index contributed by atoms with van der Waals surface area (Å²) in [5, 5.41) is 6.00. The average molecular weight is 1410 g/mol. The molecule has 0 aliphatic rings. The zero-order chi connectivity index (χ0) is 72.1. The lowest BCUT2D eigenvalue weighted by Crippen LogP contribution is -2.18. The van der Waals surface area contributed by atoms with Crippen molar-refractivity contribution >= 4 is 117 Å². The molecule has 8 heterocycles. The number of thiophene rings is 3. The van der Waals surface area contributed by atoms with Gasteiger partial charge >= 0.3 is 0 Å². The molecule has 13 heteroatoms. The van der Waals surface area contributed by atoms with Crippen LogP contribution in [-0.2, 0) is 21.7 Å². The number of nitrogens with zero attached hydrogens (tertiary/aromatic N) is 9. The van der Waals surface area contributed by atoms with Crippen LogP contribution in [0.2, 0.25) is 0 Å². The van der Waals surface area contributed by atoms with Gasteiger partial charge in [-0.15, -0.1) is 34.0 Å². The molecule has 0 saturated carbocycles. The van der Waals surface area contributed by atoms with Crippen molar-refractivity contribution < 1.29 is 4.42 Å². The van der Waals surface area contributed by atoms with Crippen molar-refractivity contribution in [3.05, 3.63) is 284 Å². The number of benzene rings is 10. The number of aromatic nitrogens is 9. The van der Waals surface area contributed by atoms with Crippen LogP contribution >= 0.6 is 34.0 Å². The molecule has 512 valence electrons. The van der Waals surface area contributed by atoms with Crippen molar-refractivity contribution in [2.45, 2.75) is 105 Å². The third kappa shape index (κ3) is 14.0. The predicted octanol–water partition coefficient (Wildman–Crippen LogP) is 25.5. The van der Waals surface area contributed by atoms with E-state index in [4.69, 9.17) is 49.3 Å². The molecule has 104 heavy (non-hydrogen) atoms. The second-order valence-electron chi connectivity index (χ2n) is 30.1. The van der Waals surface area contributed by atoms with E-state index in [1.807, 2.05) is 78.9 Å². The molecule has 10 nitrogen and oxygen atoms in total. The minimum atomic E-state index is -0.171. The molecule has 0 radical (unpaired) electrons. The molecule has 0 saturated heterocycles. The standard InChI is InChI=1S/C26H22N2S.C25H21N3S.C20H18N2O.C20H18N2S/c1-26(2,3)25-27-22(24-23(28-25)20-11-7-8-12-21(20)29-24)19-15-13-18(14-16-19)17-9-5-4-6-10-17;1-25(2,3)24-27-22(16-10-5-4-6-11-16)26-23(28-24)19-14-9-13-18-17-12-7-8-15-20(17)29-21(18)19;2*1-20(2,3)19-21-16(13-9-5-4-6-10-13)18-17(22-19)14-11-7-8-12-15(14)23-18/h4-16H,1-3H3;4-15H,1-3H3;2*4-12H,1-3H3. The van der Waals surface area contributed by atoms with Crippen molar-refractivity contribution in [1.82, 2.24) is 44.9 Å². The topological polar surface area (TPSA) is 129 Å². The Hall–Kier alpha value is -11.1. The normalized spacial score (nSPS) is 12.0. The van der Waals surface area contributed by atoms with Gasteiger partial charge in [-0.1, -0.05) is 308 Å². The Balaban J connectivity index is 0.000000112. The fourth-order valence-electron chi connectivity index (χ4n) is 12.5. The third-order valence-corrected chi connectivity index (χ3v) is 21.6. The first-order chi connectivity index (χ1) is 50.1. The van der Waals surface area contributed by atoms with Gasteiger partial charge in [0.1, 0.15) is 40.1 Å². The molecule has 0 aliphatic heterocycles. The van der Waals surface area contributed by atoms with Crippen LogP contribution in [0.3, 0.4) is 0 Å². The molecule has 8 aromatic heterocycles. The number of hydrogen-bond donors (Lipinski definition) is 0. The first-order valence-electron chi connectivity index (χ1n) is 35.2. The molecule has 0 N–H and O–H groups in total. The van der Waals surface area contributed by atoms with Gasteiger partial charge in [-0.3, -0.25) is 0 Å². The predicted molar refractivity (Wildman–Crippen MR) is 439 cm³/mol. The fraction of sp³-hybridized carbons (Fsp3) is 0.176. The van der Waals surface area contributed by atoms with Gasteiger partial charge in [0.2, 0.25) is 0 Å². The first kappa shape index (κ1) is 68.7. The van der Waals surface area contributed by atoms with Gasteiger partial charge in [-0.25, -0.2) is 44.9 Å². The number of furan rings is 1. The van der Waals surface area contributed by atoms with Crippen molar-refractivity contribution in [3.8, 4) is 67.7 Å². The Morgan fingerprint density at radius 2 is 0.587 bits per heavy atom. The van der Waals surface area contributed by atoms with E-state index in [-0.39, 0.29) is 21.7 Å². The summed E-state index contributed by atoms with van der Waals surface area (Å²) in [6.45, 7) is 25.8. The maximum atomic E-state index is 6.08. The second-order valence-corrected chi connectivity index (χ2v) is 33.3. The number of fused-ring (bicyclic) bond motifs is 12. The number of hydrogen-bond acceptors (Lipinski definition) is 13. The van der Waals surface area contributed by atoms with E-state index in [1.54, 1.807) is 34.0 Å². The van der Waals surface area contributed by atoms with Gasteiger partial charge < -0.3 is 4.42 Å². The molecule has 0 aliphatic carbocycles. The van der Waals surface area contributed by atoms with E-state index in [0.29, 0.717) is 0 Å². The number of para-hydroxylation sites is 1. The zero-order valence-corrected chi connectivity index (χ0v) is 62.9. The SMILES string of the molecule is CC(C)(C)c1nc(-c2ccc(-c3ccccc3)cc2)c2sc3ccccc3c2n1.CC(C)(C)c1nc(-c2ccccc2)c2oc3ccccc3c2n1.CC(C)(C)c1nc(-c2ccccc2)c2sc3ccccc3c2n1.CC(C)(C)c1nc(-c2ccccc2)nc(-c2cccc3c2sc2ccccc23)n1. The molecule has 0 amide bonds. The lowest BCUT2D eigenvalue weighted by Gasteiger charge is -2.18.